The number of Topliss-reactive ketones (excluding diaryl/α,β-unsaturated/α-hetero) is 1. The van der Waals surface area contributed by atoms with Gasteiger partial charge in [-0.05, 0) is 20.3 Å². The molecule has 18 heavy (non-hydrogen) atoms. The maximum atomic E-state index is 12.0. The smallest absolute Gasteiger partial charge is 0.313 e. The fourth-order valence-electron chi connectivity index (χ4n) is 1.61. The van der Waals surface area contributed by atoms with Gasteiger partial charge in [-0.25, -0.2) is 4.79 Å². The molecular weight excluding hydrogens is 256 g/mol. The molecule has 100 valence electrons. The van der Waals surface area contributed by atoms with E-state index in [4.69, 9.17) is 0 Å². The molecule has 2 unspecified atom stereocenters. The van der Waals surface area contributed by atoms with Crippen molar-refractivity contribution in [3.8, 4) is 0 Å². The fraction of sp³-hybridized carbons (Fsp3) is 0.545. The minimum atomic E-state index is -0.982. The van der Waals surface area contributed by atoms with Crippen LogP contribution in [0.2, 0.25) is 0 Å². The largest absolute Gasteiger partial charge is 0.328 e. The Morgan fingerprint density at radius 2 is 2.11 bits per heavy atom. The van der Waals surface area contributed by atoms with E-state index in [9.17, 15) is 18.6 Å². The van der Waals surface area contributed by atoms with E-state index in [0.29, 0.717) is 12.2 Å². The Morgan fingerprint density at radius 1 is 1.50 bits per heavy atom. The quantitative estimate of drug-likeness (QED) is 0.768. The molecule has 0 aliphatic rings. The molecule has 1 aromatic heterocycles. The molecular formula is C11H16N2O4S. The van der Waals surface area contributed by atoms with Crippen molar-refractivity contribution < 1.29 is 9.00 Å². The molecule has 0 aliphatic carbocycles. The van der Waals surface area contributed by atoms with Crippen LogP contribution in [0.25, 0.3) is 0 Å². The average Bonchev–Trinajstić information content (AvgIpc) is 2.25. The molecule has 2 atom stereocenters. The SMILES string of the molecule is CC(=O)c1c[nH]c(=O)n(C(C)CCS(C)=O)c1=O. The number of H-pyrrole nitrogens is 1. The Morgan fingerprint density at radius 3 is 2.61 bits per heavy atom. The molecule has 1 rings (SSSR count). The van der Waals surface area contributed by atoms with Crippen molar-refractivity contribution in [1.82, 2.24) is 9.55 Å². The Hall–Kier alpha value is -1.50. The van der Waals surface area contributed by atoms with E-state index in [1.807, 2.05) is 0 Å². The van der Waals surface area contributed by atoms with Gasteiger partial charge in [0.25, 0.3) is 5.56 Å². The minimum Gasteiger partial charge on any atom is -0.313 e. The zero-order valence-corrected chi connectivity index (χ0v) is 11.4. The summed E-state index contributed by atoms with van der Waals surface area (Å²) < 4.78 is 12.0. The summed E-state index contributed by atoms with van der Waals surface area (Å²) in [6, 6.07) is -0.399. The minimum absolute atomic E-state index is 0.0425. The molecule has 6 nitrogen and oxygen atoms in total. The van der Waals surface area contributed by atoms with Crippen molar-refractivity contribution in [3.05, 3.63) is 32.6 Å². The molecule has 0 fully saturated rings. The summed E-state index contributed by atoms with van der Waals surface area (Å²) in [6.07, 6.45) is 3.13. The number of nitrogens with zero attached hydrogens (tertiary/aromatic N) is 1. The van der Waals surface area contributed by atoms with E-state index in [0.717, 1.165) is 10.8 Å². The second-order valence-electron chi connectivity index (χ2n) is 4.15. The van der Waals surface area contributed by atoms with Gasteiger partial charge in [0.2, 0.25) is 0 Å². The molecule has 0 radical (unpaired) electrons. The van der Waals surface area contributed by atoms with E-state index < -0.39 is 33.9 Å². The summed E-state index contributed by atoms with van der Waals surface area (Å²) in [5.74, 6) is 0.00780. The molecule has 1 aromatic rings. The summed E-state index contributed by atoms with van der Waals surface area (Å²) in [7, 11) is -0.982. The maximum absolute atomic E-state index is 12.0. The van der Waals surface area contributed by atoms with Gasteiger partial charge in [-0.15, -0.1) is 0 Å². The van der Waals surface area contributed by atoms with Crippen LogP contribution >= 0.6 is 0 Å². The third kappa shape index (κ3) is 3.25. The summed E-state index contributed by atoms with van der Waals surface area (Å²) in [4.78, 5) is 37.2. The van der Waals surface area contributed by atoms with Gasteiger partial charge in [-0.3, -0.25) is 18.4 Å². The Bertz CT molecular complexity index is 587. The number of nitrogens with one attached hydrogen (secondary N) is 1. The number of carbonyl (C=O) groups excluding carboxylic acids is 1. The second kappa shape index (κ2) is 5.90. The van der Waals surface area contributed by atoms with Crippen LogP contribution in [0.5, 0.6) is 0 Å². The van der Waals surface area contributed by atoms with Crippen LogP contribution < -0.4 is 11.2 Å². The third-order valence-corrected chi connectivity index (χ3v) is 3.46. The van der Waals surface area contributed by atoms with Crippen molar-refractivity contribution in [2.75, 3.05) is 12.0 Å². The molecule has 0 aromatic carbocycles. The van der Waals surface area contributed by atoms with Crippen molar-refractivity contribution in [1.29, 1.82) is 0 Å². The first kappa shape index (κ1) is 14.6. The molecule has 0 amide bonds. The first-order valence-electron chi connectivity index (χ1n) is 5.49. The van der Waals surface area contributed by atoms with Crippen LogP contribution in [-0.2, 0) is 10.8 Å². The normalized spacial score (nSPS) is 14.2. The number of hydrogen-bond acceptors (Lipinski definition) is 4. The molecule has 0 aliphatic heterocycles. The topological polar surface area (TPSA) is 89.0 Å². The van der Waals surface area contributed by atoms with E-state index in [1.165, 1.54) is 6.92 Å². The highest BCUT2D eigenvalue weighted by Gasteiger charge is 2.15. The Labute approximate surface area is 106 Å². The molecule has 7 heteroatoms. The molecule has 0 spiro atoms. The van der Waals surface area contributed by atoms with Gasteiger partial charge in [0, 0.05) is 35.0 Å². The lowest BCUT2D eigenvalue weighted by molar-refractivity contribution is 0.101. The molecule has 1 N–H and O–H groups in total. The van der Waals surface area contributed by atoms with E-state index in [-0.39, 0.29) is 5.56 Å². The predicted octanol–water partition coefficient (Wildman–Crippen LogP) is 0.0688. The van der Waals surface area contributed by atoms with Crippen LogP contribution in [0.15, 0.2) is 15.8 Å². The predicted molar refractivity (Wildman–Crippen MR) is 69.6 cm³/mol. The standard InChI is InChI=1S/C11H16N2O4S/c1-7(4-5-18(3)17)13-10(15)9(8(2)14)6-12-11(13)16/h6-7H,4-5H2,1-3H3,(H,12,16). The van der Waals surface area contributed by atoms with Gasteiger partial charge in [0.05, 0.1) is 5.56 Å². The maximum Gasteiger partial charge on any atom is 0.328 e. The van der Waals surface area contributed by atoms with E-state index in [1.54, 1.807) is 13.2 Å². The lowest BCUT2D eigenvalue weighted by Gasteiger charge is -2.13. The van der Waals surface area contributed by atoms with Crippen molar-refractivity contribution in [3.63, 3.8) is 0 Å². The zero-order chi connectivity index (χ0) is 13.9. The van der Waals surface area contributed by atoms with Crippen LogP contribution in [0.4, 0.5) is 0 Å². The second-order valence-corrected chi connectivity index (χ2v) is 5.71. The van der Waals surface area contributed by atoms with Gasteiger partial charge < -0.3 is 4.98 Å². The van der Waals surface area contributed by atoms with Gasteiger partial charge >= 0.3 is 5.69 Å². The average molecular weight is 272 g/mol. The van der Waals surface area contributed by atoms with Gasteiger partial charge in [-0.2, -0.15) is 0 Å². The summed E-state index contributed by atoms with van der Waals surface area (Å²) in [6.45, 7) is 2.96. The Balaban J connectivity index is 3.19. The van der Waals surface area contributed by atoms with E-state index in [2.05, 4.69) is 4.98 Å². The zero-order valence-electron chi connectivity index (χ0n) is 10.6. The Kier molecular flexibility index (Phi) is 4.77. The molecule has 0 saturated heterocycles. The van der Waals surface area contributed by atoms with Gasteiger partial charge in [0.15, 0.2) is 5.78 Å². The number of hydrogen-bond donors (Lipinski definition) is 1. The molecule has 1 heterocycles. The van der Waals surface area contributed by atoms with Crippen LogP contribution in [0.3, 0.4) is 0 Å². The number of aromatic amines is 1. The fourth-order valence-corrected chi connectivity index (χ4v) is 2.28. The van der Waals surface area contributed by atoms with Crippen LogP contribution in [0, 0.1) is 0 Å². The van der Waals surface area contributed by atoms with Crippen LogP contribution in [-0.4, -0.2) is 31.6 Å². The number of carbonyl (C=O) groups is 1. The van der Waals surface area contributed by atoms with Gasteiger partial charge in [0.1, 0.15) is 0 Å². The van der Waals surface area contributed by atoms with Crippen LogP contribution in [0.1, 0.15) is 36.7 Å². The number of ketones is 1. The highest BCUT2D eigenvalue weighted by Crippen LogP contribution is 2.06. The highest BCUT2D eigenvalue weighted by atomic mass is 32.2. The lowest BCUT2D eigenvalue weighted by atomic mass is 10.2. The summed E-state index contributed by atoms with van der Waals surface area (Å²) in [5.41, 5.74) is -1.20. The third-order valence-electron chi connectivity index (χ3n) is 2.65. The van der Waals surface area contributed by atoms with E-state index >= 15 is 0 Å². The highest BCUT2D eigenvalue weighted by molar-refractivity contribution is 7.84. The first-order chi connectivity index (χ1) is 8.34. The number of aromatic nitrogens is 2. The van der Waals surface area contributed by atoms with Crippen molar-refractivity contribution in [2.24, 2.45) is 0 Å². The summed E-state index contributed by atoms with van der Waals surface area (Å²) >= 11 is 0. The lowest BCUT2D eigenvalue weighted by Crippen LogP contribution is -2.39. The van der Waals surface area contributed by atoms with Crippen molar-refractivity contribution >= 4 is 16.6 Å². The first-order valence-corrected chi connectivity index (χ1v) is 7.22. The molecule has 0 saturated carbocycles. The number of rotatable bonds is 5. The summed E-state index contributed by atoms with van der Waals surface area (Å²) in [5, 5.41) is 0. The molecule has 0 bridgehead atoms. The van der Waals surface area contributed by atoms with Gasteiger partial charge in [-0.1, -0.05) is 0 Å². The van der Waals surface area contributed by atoms with Crippen molar-refractivity contribution in [2.45, 2.75) is 26.3 Å². The monoisotopic (exact) mass is 272 g/mol.